The van der Waals surface area contributed by atoms with E-state index in [1.807, 2.05) is 23.8 Å². The van der Waals surface area contributed by atoms with Crippen molar-refractivity contribution in [3.8, 4) is 0 Å². The number of hydrogen-bond acceptors (Lipinski definition) is 4. The van der Waals surface area contributed by atoms with Crippen molar-refractivity contribution in [2.45, 2.75) is 6.92 Å². The second-order valence-corrected chi connectivity index (χ2v) is 3.20. The monoisotopic (exact) mass is 215 g/mol. The molecule has 2 aromatic rings. The number of rotatable bonds is 4. The van der Waals surface area contributed by atoms with Gasteiger partial charge in [0.05, 0.1) is 0 Å². The van der Waals surface area contributed by atoms with E-state index in [1.54, 1.807) is 12.4 Å². The van der Waals surface area contributed by atoms with Crippen LogP contribution in [0.15, 0.2) is 31.4 Å². The average Bonchev–Trinajstić information content (AvgIpc) is 2.71. The summed E-state index contributed by atoms with van der Waals surface area (Å²) in [6.07, 6.45) is 8.85. The van der Waals surface area contributed by atoms with Crippen molar-refractivity contribution in [1.29, 1.82) is 0 Å². The third-order valence-corrected chi connectivity index (χ3v) is 2.08. The Labute approximate surface area is 93.6 Å². The van der Waals surface area contributed by atoms with Crippen LogP contribution in [0.4, 0.5) is 5.82 Å². The van der Waals surface area contributed by atoms with E-state index in [2.05, 4.69) is 26.8 Å². The van der Waals surface area contributed by atoms with Crippen molar-refractivity contribution in [3.05, 3.63) is 31.4 Å². The summed E-state index contributed by atoms with van der Waals surface area (Å²) < 4.78 is 1.86. The topological polar surface area (TPSA) is 55.6 Å². The zero-order valence-electron chi connectivity index (χ0n) is 9.09. The quantitative estimate of drug-likeness (QED) is 0.791. The van der Waals surface area contributed by atoms with Gasteiger partial charge < -0.3 is 5.32 Å². The zero-order chi connectivity index (χ0) is 11.4. The molecule has 1 N–H and O–H groups in total. The van der Waals surface area contributed by atoms with Gasteiger partial charge in [0, 0.05) is 12.7 Å². The Morgan fingerprint density at radius 2 is 2.31 bits per heavy atom. The minimum Gasteiger partial charge on any atom is -0.365 e. The van der Waals surface area contributed by atoms with E-state index in [-0.39, 0.29) is 0 Å². The van der Waals surface area contributed by atoms with E-state index in [4.69, 9.17) is 0 Å². The minimum absolute atomic E-state index is 0.655. The van der Waals surface area contributed by atoms with Crippen molar-refractivity contribution in [3.63, 3.8) is 0 Å². The van der Waals surface area contributed by atoms with Crippen molar-refractivity contribution >= 4 is 23.2 Å². The molecule has 0 radical (unpaired) electrons. The van der Waals surface area contributed by atoms with Gasteiger partial charge in [-0.2, -0.15) is 0 Å². The van der Waals surface area contributed by atoms with E-state index in [9.17, 15) is 0 Å². The number of imidazole rings is 1. The molecule has 2 aromatic heterocycles. The summed E-state index contributed by atoms with van der Waals surface area (Å²) in [5.41, 5.74) is 1.56. The van der Waals surface area contributed by atoms with E-state index in [0.29, 0.717) is 6.54 Å². The van der Waals surface area contributed by atoms with Gasteiger partial charge in [-0.25, -0.2) is 15.0 Å². The molecule has 0 unspecified atom stereocenters. The molecule has 0 aromatic carbocycles. The lowest BCUT2D eigenvalue weighted by Gasteiger charge is -2.02. The molecule has 0 aliphatic rings. The highest BCUT2D eigenvalue weighted by Crippen LogP contribution is 2.16. The summed E-state index contributed by atoms with van der Waals surface area (Å²) in [6, 6.07) is 0. The maximum atomic E-state index is 4.28. The Morgan fingerprint density at radius 3 is 3.06 bits per heavy atom. The third kappa shape index (κ3) is 1.79. The Kier molecular flexibility index (Phi) is 2.95. The molecule has 2 rings (SSSR count). The van der Waals surface area contributed by atoms with Crippen LogP contribution in [0.5, 0.6) is 0 Å². The maximum Gasteiger partial charge on any atom is 0.169 e. The molecule has 0 aliphatic carbocycles. The molecule has 0 fully saturated rings. The first-order chi connectivity index (χ1) is 7.86. The normalized spacial score (nSPS) is 11.1. The highest BCUT2D eigenvalue weighted by atomic mass is 15.1. The SMILES string of the molecule is C=CCNc1ncnc2c1ncn2/C=C\C. The summed E-state index contributed by atoms with van der Waals surface area (Å²) in [5.74, 6) is 0.730. The van der Waals surface area contributed by atoms with Crippen molar-refractivity contribution in [2.75, 3.05) is 11.9 Å². The Hall–Kier alpha value is -2.17. The van der Waals surface area contributed by atoms with E-state index in [1.165, 1.54) is 6.33 Å². The van der Waals surface area contributed by atoms with Gasteiger partial charge >= 0.3 is 0 Å². The van der Waals surface area contributed by atoms with Crippen LogP contribution in [0.25, 0.3) is 17.4 Å². The van der Waals surface area contributed by atoms with Crippen LogP contribution >= 0.6 is 0 Å². The highest BCUT2D eigenvalue weighted by molar-refractivity contribution is 5.83. The van der Waals surface area contributed by atoms with Gasteiger partial charge in [-0.05, 0) is 6.92 Å². The summed E-state index contributed by atoms with van der Waals surface area (Å²) in [6.45, 7) is 6.25. The largest absolute Gasteiger partial charge is 0.365 e. The van der Waals surface area contributed by atoms with Gasteiger partial charge in [-0.1, -0.05) is 12.2 Å². The molecule has 2 heterocycles. The van der Waals surface area contributed by atoms with Gasteiger partial charge in [0.2, 0.25) is 0 Å². The number of allylic oxidation sites excluding steroid dienone is 1. The zero-order valence-corrected chi connectivity index (χ0v) is 9.09. The Balaban J connectivity index is 2.48. The number of fused-ring (bicyclic) bond motifs is 1. The predicted octanol–water partition coefficient (Wildman–Crippen LogP) is 1.91. The molecule has 16 heavy (non-hydrogen) atoms. The van der Waals surface area contributed by atoms with E-state index < -0.39 is 0 Å². The first-order valence-electron chi connectivity index (χ1n) is 5.02. The van der Waals surface area contributed by atoms with Crippen LogP contribution < -0.4 is 5.32 Å². The molecular weight excluding hydrogens is 202 g/mol. The number of nitrogens with zero attached hydrogens (tertiary/aromatic N) is 4. The summed E-state index contributed by atoms with van der Waals surface area (Å²) in [7, 11) is 0. The third-order valence-electron chi connectivity index (χ3n) is 2.08. The van der Waals surface area contributed by atoms with Crippen molar-refractivity contribution in [2.24, 2.45) is 0 Å². The Morgan fingerprint density at radius 1 is 1.44 bits per heavy atom. The standard InChI is InChI=1S/C11H13N5/c1-3-5-12-10-9-11(14-7-13-10)16(6-4-2)8-15-9/h3-4,6-8H,1,5H2,2H3,(H,12,13,14)/b6-4-. The average molecular weight is 215 g/mol. The molecule has 0 amide bonds. The molecule has 0 bridgehead atoms. The summed E-state index contributed by atoms with van der Waals surface area (Å²) in [4.78, 5) is 12.6. The van der Waals surface area contributed by atoms with Crippen LogP contribution in [0.2, 0.25) is 0 Å². The number of hydrogen-bond donors (Lipinski definition) is 1. The van der Waals surface area contributed by atoms with E-state index in [0.717, 1.165) is 17.0 Å². The Bertz CT molecular complexity index is 526. The first kappa shape index (κ1) is 10.4. The molecule has 82 valence electrons. The maximum absolute atomic E-state index is 4.28. The number of anilines is 1. The summed E-state index contributed by atoms with van der Waals surface area (Å²) in [5, 5.41) is 3.12. The van der Waals surface area contributed by atoms with Crippen molar-refractivity contribution < 1.29 is 0 Å². The molecule has 0 aliphatic heterocycles. The second-order valence-electron chi connectivity index (χ2n) is 3.20. The summed E-state index contributed by atoms with van der Waals surface area (Å²) >= 11 is 0. The van der Waals surface area contributed by atoms with Crippen LogP contribution in [0, 0.1) is 0 Å². The van der Waals surface area contributed by atoms with Crippen LogP contribution in [-0.2, 0) is 0 Å². The minimum atomic E-state index is 0.655. The van der Waals surface area contributed by atoms with Gasteiger partial charge in [0.1, 0.15) is 12.7 Å². The lowest BCUT2D eigenvalue weighted by Crippen LogP contribution is -2.01. The molecule has 0 saturated carbocycles. The fraction of sp³-hybridized carbons (Fsp3) is 0.182. The molecule has 5 heteroatoms. The van der Waals surface area contributed by atoms with Crippen LogP contribution in [0.1, 0.15) is 6.92 Å². The predicted molar refractivity (Wildman–Crippen MR) is 65.0 cm³/mol. The van der Waals surface area contributed by atoms with Gasteiger partial charge in [0.25, 0.3) is 0 Å². The van der Waals surface area contributed by atoms with Crippen molar-refractivity contribution in [1.82, 2.24) is 19.5 Å². The number of nitrogens with one attached hydrogen (secondary N) is 1. The van der Waals surface area contributed by atoms with Gasteiger partial charge in [-0.15, -0.1) is 6.58 Å². The highest BCUT2D eigenvalue weighted by Gasteiger charge is 2.07. The smallest absolute Gasteiger partial charge is 0.169 e. The molecule has 0 spiro atoms. The second kappa shape index (κ2) is 4.57. The molecule has 5 nitrogen and oxygen atoms in total. The lowest BCUT2D eigenvalue weighted by molar-refractivity contribution is 1.12. The lowest BCUT2D eigenvalue weighted by atomic mass is 10.4. The van der Waals surface area contributed by atoms with Crippen LogP contribution in [-0.4, -0.2) is 26.1 Å². The first-order valence-corrected chi connectivity index (χ1v) is 5.02. The molecular formula is C11H13N5. The van der Waals surface area contributed by atoms with Crippen LogP contribution in [0.3, 0.4) is 0 Å². The number of aromatic nitrogens is 4. The van der Waals surface area contributed by atoms with E-state index >= 15 is 0 Å². The molecule has 0 atom stereocenters. The van der Waals surface area contributed by atoms with Gasteiger partial charge in [-0.3, -0.25) is 4.57 Å². The fourth-order valence-electron chi connectivity index (χ4n) is 1.42. The fourth-order valence-corrected chi connectivity index (χ4v) is 1.42. The molecule has 0 saturated heterocycles. The van der Waals surface area contributed by atoms with Gasteiger partial charge in [0.15, 0.2) is 17.0 Å².